The molecule has 1 rings (SSSR count). The molecule has 0 radical (unpaired) electrons. The van der Waals surface area contributed by atoms with Crippen molar-refractivity contribution in [1.82, 2.24) is 0 Å². The van der Waals surface area contributed by atoms with Crippen LogP contribution in [0.5, 0.6) is 0 Å². The number of ketones is 1. The normalized spacial score (nSPS) is 12.0. The van der Waals surface area contributed by atoms with Crippen LogP contribution < -0.4 is 5.73 Å². The van der Waals surface area contributed by atoms with Crippen LogP contribution >= 0.6 is 0 Å². The molecule has 0 saturated carbocycles. The maximum Gasteiger partial charge on any atom is 0.163 e. The molecule has 0 aliphatic heterocycles. The van der Waals surface area contributed by atoms with Gasteiger partial charge in [0.1, 0.15) is 0 Å². The van der Waals surface area contributed by atoms with Crippen LogP contribution in [0.1, 0.15) is 127 Å². The molecule has 0 amide bonds. The number of rotatable bonds is 17. The van der Waals surface area contributed by atoms with E-state index in [-0.39, 0.29) is 5.78 Å². The standard InChI is InChI=1S/C27H45NO/c1-4-5-6-7-8-9-10-11-12-13-14-15-16-17-18-23-26(29)24-21-19-20-22-25(24)27(2,3)28/h11-12,19-22H,4-10,13-18,23,28H2,1-3H3. The van der Waals surface area contributed by atoms with Gasteiger partial charge in [0.25, 0.3) is 0 Å². The van der Waals surface area contributed by atoms with Crippen molar-refractivity contribution < 1.29 is 4.79 Å². The molecule has 0 atom stereocenters. The van der Waals surface area contributed by atoms with E-state index in [1.165, 1.54) is 70.6 Å². The Kier molecular flexibility index (Phi) is 13.6. The molecule has 1 aromatic rings. The summed E-state index contributed by atoms with van der Waals surface area (Å²) < 4.78 is 0. The minimum absolute atomic E-state index is 0.233. The van der Waals surface area contributed by atoms with E-state index < -0.39 is 5.54 Å². The van der Waals surface area contributed by atoms with Crippen LogP contribution in [0.3, 0.4) is 0 Å². The number of nitrogens with two attached hydrogens (primary N) is 1. The van der Waals surface area contributed by atoms with Crippen LogP contribution in [-0.2, 0) is 5.54 Å². The molecule has 0 aliphatic rings. The molecule has 2 heteroatoms. The van der Waals surface area contributed by atoms with Crippen LogP contribution in [-0.4, -0.2) is 5.78 Å². The Bertz CT molecular complexity index is 582. The zero-order valence-electron chi connectivity index (χ0n) is 19.3. The summed E-state index contributed by atoms with van der Waals surface area (Å²) in [6.07, 6.45) is 21.9. The van der Waals surface area contributed by atoms with Crippen LogP contribution in [0.25, 0.3) is 0 Å². The maximum absolute atomic E-state index is 12.6. The average molecular weight is 400 g/mol. The van der Waals surface area contributed by atoms with Gasteiger partial charge in [0.05, 0.1) is 0 Å². The number of carbonyl (C=O) groups is 1. The van der Waals surface area contributed by atoms with Crippen molar-refractivity contribution in [3.63, 3.8) is 0 Å². The highest BCUT2D eigenvalue weighted by Crippen LogP contribution is 2.23. The summed E-state index contributed by atoms with van der Waals surface area (Å²) in [5, 5.41) is 0. The van der Waals surface area contributed by atoms with E-state index in [2.05, 4.69) is 19.1 Å². The van der Waals surface area contributed by atoms with Gasteiger partial charge in [0.15, 0.2) is 5.78 Å². The van der Waals surface area contributed by atoms with Crippen molar-refractivity contribution in [2.45, 2.75) is 116 Å². The third-order valence-electron chi connectivity index (χ3n) is 5.59. The molecule has 1 aromatic carbocycles. The number of carbonyl (C=O) groups excluding carboxylic acids is 1. The van der Waals surface area contributed by atoms with Gasteiger partial charge in [0, 0.05) is 17.5 Å². The van der Waals surface area contributed by atoms with E-state index in [0.717, 1.165) is 24.0 Å². The lowest BCUT2D eigenvalue weighted by atomic mass is 9.88. The molecule has 29 heavy (non-hydrogen) atoms. The maximum atomic E-state index is 12.6. The minimum atomic E-state index is -0.477. The second-order valence-corrected chi connectivity index (χ2v) is 9.02. The topological polar surface area (TPSA) is 43.1 Å². The number of hydrogen-bond acceptors (Lipinski definition) is 2. The Labute approximate surface area is 180 Å². The van der Waals surface area contributed by atoms with Gasteiger partial charge in [0.2, 0.25) is 0 Å². The summed E-state index contributed by atoms with van der Waals surface area (Å²) in [5.74, 6) is 0.233. The van der Waals surface area contributed by atoms with E-state index in [1.807, 2.05) is 38.1 Å². The Hall–Kier alpha value is -1.41. The summed E-state index contributed by atoms with van der Waals surface area (Å²) in [4.78, 5) is 12.6. The first kappa shape index (κ1) is 25.6. The molecule has 0 saturated heterocycles. The molecule has 0 unspecified atom stereocenters. The Morgan fingerprint density at radius 2 is 1.34 bits per heavy atom. The number of Topliss-reactive ketones (excluding diaryl/α,β-unsaturated/α-hetero) is 1. The van der Waals surface area contributed by atoms with E-state index in [1.54, 1.807) is 0 Å². The fourth-order valence-corrected chi connectivity index (χ4v) is 3.78. The third-order valence-corrected chi connectivity index (χ3v) is 5.59. The molecular weight excluding hydrogens is 354 g/mol. The van der Waals surface area contributed by atoms with Gasteiger partial charge in [-0.05, 0) is 51.5 Å². The molecule has 2 nitrogen and oxygen atoms in total. The first-order chi connectivity index (χ1) is 14.0. The van der Waals surface area contributed by atoms with E-state index in [9.17, 15) is 4.79 Å². The molecule has 0 fully saturated rings. The van der Waals surface area contributed by atoms with Gasteiger partial charge in [-0.3, -0.25) is 4.79 Å². The second kappa shape index (κ2) is 15.4. The molecule has 0 bridgehead atoms. The molecule has 0 aliphatic carbocycles. The van der Waals surface area contributed by atoms with Crippen molar-refractivity contribution in [1.29, 1.82) is 0 Å². The first-order valence-electron chi connectivity index (χ1n) is 12.0. The van der Waals surface area contributed by atoms with Crippen LogP contribution in [0.15, 0.2) is 36.4 Å². The highest BCUT2D eigenvalue weighted by atomic mass is 16.1. The van der Waals surface area contributed by atoms with Crippen LogP contribution in [0, 0.1) is 0 Å². The molecular formula is C27H45NO. The third kappa shape index (κ3) is 12.0. The van der Waals surface area contributed by atoms with Gasteiger partial charge in [-0.25, -0.2) is 0 Å². The van der Waals surface area contributed by atoms with Gasteiger partial charge < -0.3 is 5.73 Å². The number of benzene rings is 1. The molecule has 164 valence electrons. The van der Waals surface area contributed by atoms with Crippen molar-refractivity contribution in [3.05, 3.63) is 47.5 Å². The highest BCUT2D eigenvalue weighted by molar-refractivity contribution is 5.97. The average Bonchev–Trinajstić information content (AvgIpc) is 2.70. The largest absolute Gasteiger partial charge is 0.322 e. The van der Waals surface area contributed by atoms with Gasteiger partial charge in [-0.15, -0.1) is 0 Å². The molecule has 0 aromatic heterocycles. The summed E-state index contributed by atoms with van der Waals surface area (Å²) in [6, 6.07) is 7.79. The lowest BCUT2D eigenvalue weighted by Crippen LogP contribution is -2.30. The Morgan fingerprint density at radius 3 is 1.93 bits per heavy atom. The SMILES string of the molecule is CCCCCCCCC=CCCCCCCCC(=O)c1ccccc1C(C)(C)N. The van der Waals surface area contributed by atoms with Crippen molar-refractivity contribution >= 4 is 5.78 Å². The smallest absolute Gasteiger partial charge is 0.163 e. The van der Waals surface area contributed by atoms with Gasteiger partial charge >= 0.3 is 0 Å². The first-order valence-corrected chi connectivity index (χ1v) is 12.0. The van der Waals surface area contributed by atoms with E-state index in [4.69, 9.17) is 5.73 Å². The molecule has 0 spiro atoms. The summed E-state index contributed by atoms with van der Waals surface area (Å²) in [6.45, 7) is 6.19. The Morgan fingerprint density at radius 1 is 0.828 bits per heavy atom. The molecule has 0 heterocycles. The van der Waals surface area contributed by atoms with Crippen molar-refractivity contribution in [3.8, 4) is 0 Å². The van der Waals surface area contributed by atoms with Crippen LogP contribution in [0.2, 0.25) is 0 Å². The zero-order valence-corrected chi connectivity index (χ0v) is 19.3. The van der Waals surface area contributed by atoms with Gasteiger partial charge in [-0.2, -0.15) is 0 Å². The van der Waals surface area contributed by atoms with Crippen LogP contribution in [0.4, 0.5) is 0 Å². The lowest BCUT2D eigenvalue weighted by molar-refractivity contribution is 0.0977. The summed E-state index contributed by atoms with van der Waals surface area (Å²) >= 11 is 0. The number of hydrogen-bond donors (Lipinski definition) is 1. The van der Waals surface area contributed by atoms with Gasteiger partial charge in [-0.1, -0.05) is 94.7 Å². The quantitative estimate of drug-likeness (QED) is 0.163. The highest BCUT2D eigenvalue weighted by Gasteiger charge is 2.21. The van der Waals surface area contributed by atoms with Crippen molar-refractivity contribution in [2.75, 3.05) is 0 Å². The fraction of sp³-hybridized carbons (Fsp3) is 0.667. The predicted octanol–water partition coefficient (Wildman–Crippen LogP) is 8.10. The summed E-state index contributed by atoms with van der Waals surface area (Å²) in [7, 11) is 0. The fourth-order valence-electron chi connectivity index (χ4n) is 3.78. The van der Waals surface area contributed by atoms with E-state index >= 15 is 0 Å². The second-order valence-electron chi connectivity index (χ2n) is 9.02. The zero-order chi connectivity index (χ0) is 21.4. The van der Waals surface area contributed by atoms with E-state index in [0.29, 0.717) is 6.42 Å². The van der Waals surface area contributed by atoms with Crippen molar-refractivity contribution in [2.24, 2.45) is 5.73 Å². The lowest BCUT2D eigenvalue weighted by Gasteiger charge is -2.22. The summed E-state index contributed by atoms with van der Waals surface area (Å²) in [5.41, 5.74) is 7.50. The number of unbranched alkanes of at least 4 members (excludes halogenated alkanes) is 11. The predicted molar refractivity (Wildman–Crippen MR) is 127 cm³/mol. The monoisotopic (exact) mass is 399 g/mol. The minimum Gasteiger partial charge on any atom is -0.322 e. The number of allylic oxidation sites excluding steroid dienone is 2. The molecule has 2 N–H and O–H groups in total. The Balaban J connectivity index is 2.05.